The number of guanidine groups is 1. The summed E-state index contributed by atoms with van der Waals surface area (Å²) in [7, 11) is 0. The molecule has 0 aliphatic carbocycles. The molecule has 2 unspecified atom stereocenters. The van der Waals surface area contributed by atoms with Crippen molar-refractivity contribution in [2.75, 3.05) is 16.8 Å². The van der Waals surface area contributed by atoms with E-state index >= 15 is 0 Å². The van der Waals surface area contributed by atoms with Gasteiger partial charge in [-0.05, 0) is 95.8 Å². The summed E-state index contributed by atoms with van der Waals surface area (Å²) < 4.78 is 5.93. The zero-order valence-corrected chi connectivity index (χ0v) is 39.4. The molecule has 6 heterocycles. The molecule has 4 aromatic rings. The van der Waals surface area contributed by atoms with Crippen molar-refractivity contribution in [1.29, 1.82) is 0 Å². The monoisotopic (exact) mass is 846 g/mol. The summed E-state index contributed by atoms with van der Waals surface area (Å²) in [5.41, 5.74) is 35.4. The summed E-state index contributed by atoms with van der Waals surface area (Å²) in [6, 6.07) is 0.910. The van der Waals surface area contributed by atoms with Gasteiger partial charge in [0.25, 0.3) is 0 Å². The molecule has 4 aromatic heterocycles. The van der Waals surface area contributed by atoms with Crippen LogP contribution in [0.25, 0.3) is 11.0 Å². The average Bonchev–Trinajstić information content (AvgIpc) is 3.73. The van der Waals surface area contributed by atoms with Crippen LogP contribution in [-0.2, 0) is 0 Å². The lowest BCUT2D eigenvalue weighted by Crippen LogP contribution is -2.54. The molecule has 2 aliphatic rings. The van der Waals surface area contributed by atoms with E-state index in [2.05, 4.69) is 121 Å². The lowest BCUT2D eigenvalue weighted by molar-refractivity contribution is 0.196. The van der Waals surface area contributed by atoms with Crippen LogP contribution in [0.3, 0.4) is 0 Å². The van der Waals surface area contributed by atoms with Crippen molar-refractivity contribution in [2.24, 2.45) is 28.1 Å². The number of nitrogens with two attached hydrogens (primary N) is 5. The molecular formula is C44H75N15O2. The highest BCUT2D eigenvalue weighted by Crippen LogP contribution is 2.37. The molecule has 0 aromatic carbocycles. The number of fused-ring (bicyclic) bond motifs is 2. The maximum atomic E-state index is 11.5. The molecular weight excluding hydrogens is 771 g/mol. The summed E-state index contributed by atoms with van der Waals surface area (Å²) in [5.74, 6) is 3.79. The van der Waals surface area contributed by atoms with Gasteiger partial charge in [0.2, 0.25) is 0 Å². The van der Waals surface area contributed by atoms with E-state index in [1.807, 2.05) is 47.7 Å². The lowest BCUT2D eigenvalue weighted by Gasteiger charge is -2.34. The van der Waals surface area contributed by atoms with E-state index in [9.17, 15) is 9.59 Å². The first-order valence-corrected chi connectivity index (χ1v) is 21.5. The normalized spacial score (nSPS) is 16.3. The lowest BCUT2D eigenvalue weighted by atomic mass is 10.00. The van der Waals surface area contributed by atoms with Gasteiger partial charge in [-0.25, -0.2) is 24.5 Å². The molecule has 0 spiro atoms. The molecule has 6 rings (SSSR count). The standard InChI is InChI=1S/C12H21N5.C12H18N4.C10H19N3O.C10H17N3O/c1-6(2)8-5-17(7(3)4)11-9(8)10(13)15-12(14)16-11;1-7(2)9-5-16(8(3)4)12-10(9)11(13)14-6-15-12;2*1-6(2)8-5-13(7(3)4)10(14)12-9(8)11/h5-7,10H,13H2,1-4H3,(H3,14,15,16);5-8H,1-4H3,(H2,13,14,15);5-7,9H,11H2,1-4H3,(H,12,14);5-7H,1-4H3,(H2,11,12,14). The van der Waals surface area contributed by atoms with Crippen LogP contribution in [-0.4, -0.2) is 57.8 Å². The Morgan fingerprint density at radius 1 is 0.623 bits per heavy atom. The quantitative estimate of drug-likeness (QED) is 0.0920. The molecule has 0 fully saturated rings. The second kappa shape index (κ2) is 20.9. The van der Waals surface area contributed by atoms with Crippen LogP contribution in [0.5, 0.6) is 0 Å². The number of aliphatic imine (C=N–C) groups is 1. The van der Waals surface area contributed by atoms with Crippen molar-refractivity contribution < 1.29 is 4.79 Å². The van der Waals surface area contributed by atoms with Gasteiger partial charge in [-0.3, -0.25) is 9.47 Å². The second-order valence-corrected chi connectivity index (χ2v) is 18.0. The number of rotatable bonds is 8. The van der Waals surface area contributed by atoms with E-state index in [4.69, 9.17) is 28.7 Å². The molecule has 0 radical (unpaired) electrons. The Hall–Kier alpha value is -5.42. The number of nitrogen functional groups attached to an aromatic ring is 2. The van der Waals surface area contributed by atoms with Gasteiger partial charge in [0, 0.05) is 60.1 Å². The van der Waals surface area contributed by atoms with Crippen molar-refractivity contribution in [3.63, 3.8) is 0 Å². The van der Waals surface area contributed by atoms with Gasteiger partial charge < -0.3 is 48.4 Å². The Labute approximate surface area is 362 Å². The van der Waals surface area contributed by atoms with Crippen LogP contribution in [0.4, 0.5) is 22.2 Å². The molecule has 17 nitrogen and oxygen atoms in total. The summed E-state index contributed by atoms with van der Waals surface area (Å²) in [6.45, 7) is 33.3. The SMILES string of the molecule is CC(C)C1=CN(C(C)C)C(=O)NC1N.CC(C)c1cn(C(C)C)c(=O)nc1N.CC(C)c1cn(C(C)C)c2c1C(N)N=C(N)N2.CC(C)c1cn(C(C)C)c2ncnc(N)c12. The number of nitrogens with one attached hydrogen (secondary N) is 2. The zero-order chi connectivity index (χ0) is 46.4. The summed E-state index contributed by atoms with van der Waals surface area (Å²) >= 11 is 0. The third-order valence-electron chi connectivity index (χ3n) is 10.5. The van der Waals surface area contributed by atoms with Gasteiger partial charge in [-0.15, -0.1) is 0 Å². The van der Waals surface area contributed by atoms with Crippen molar-refractivity contribution >= 4 is 40.5 Å². The number of amides is 2. The minimum Gasteiger partial charge on any atom is -0.383 e. The van der Waals surface area contributed by atoms with E-state index in [0.29, 0.717) is 47.4 Å². The fourth-order valence-electron chi connectivity index (χ4n) is 7.00. The summed E-state index contributed by atoms with van der Waals surface area (Å²) in [6.07, 6.45) is 8.81. The van der Waals surface area contributed by atoms with Crippen LogP contribution in [0.1, 0.15) is 175 Å². The number of nitrogens with zero attached hydrogens (tertiary/aromatic N) is 8. The van der Waals surface area contributed by atoms with Gasteiger partial charge in [0.05, 0.1) is 5.39 Å². The number of carbonyl (C=O) groups excluding carboxylic acids is 1. The van der Waals surface area contributed by atoms with Crippen molar-refractivity contribution in [2.45, 2.75) is 165 Å². The van der Waals surface area contributed by atoms with Crippen LogP contribution < -0.4 is 45.0 Å². The first kappa shape index (κ1) is 49.9. The topological polar surface area (TPSA) is 257 Å². The molecule has 61 heavy (non-hydrogen) atoms. The maximum absolute atomic E-state index is 11.5. The molecule has 12 N–H and O–H groups in total. The average molecular weight is 846 g/mol. The molecule has 338 valence electrons. The molecule has 0 bridgehead atoms. The Bertz CT molecular complexity index is 2220. The maximum Gasteiger partial charge on any atom is 0.349 e. The Balaban J connectivity index is 0.000000218. The zero-order valence-electron chi connectivity index (χ0n) is 39.4. The second-order valence-electron chi connectivity index (χ2n) is 18.0. The largest absolute Gasteiger partial charge is 0.383 e. The van der Waals surface area contributed by atoms with E-state index in [-0.39, 0.29) is 42.1 Å². The molecule has 0 saturated heterocycles. The van der Waals surface area contributed by atoms with Crippen molar-refractivity contribution in [3.8, 4) is 0 Å². The van der Waals surface area contributed by atoms with Crippen molar-refractivity contribution in [3.05, 3.63) is 69.4 Å². The van der Waals surface area contributed by atoms with E-state index < -0.39 is 0 Å². The number of hydrogen-bond acceptors (Lipinski definition) is 12. The van der Waals surface area contributed by atoms with Gasteiger partial charge >= 0.3 is 11.7 Å². The highest BCUT2D eigenvalue weighted by atomic mass is 16.2. The Morgan fingerprint density at radius 3 is 1.64 bits per heavy atom. The van der Waals surface area contributed by atoms with Crippen molar-refractivity contribution in [1.82, 2.24) is 38.9 Å². The van der Waals surface area contributed by atoms with Crippen LogP contribution in [0, 0.1) is 5.92 Å². The predicted molar refractivity (Wildman–Crippen MR) is 251 cm³/mol. The number of aromatic nitrogens is 6. The predicted octanol–water partition coefficient (Wildman–Crippen LogP) is 7.38. The smallest absolute Gasteiger partial charge is 0.349 e. The minimum atomic E-state index is -0.358. The first-order valence-electron chi connectivity index (χ1n) is 21.5. The molecule has 0 saturated carbocycles. The highest BCUT2D eigenvalue weighted by Gasteiger charge is 2.28. The molecule has 2 amide bonds. The number of anilines is 3. The third kappa shape index (κ3) is 11.9. The fraction of sp³-hybridized carbons (Fsp3) is 0.591. The van der Waals surface area contributed by atoms with Gasteiger partial charge in [-0.1, -0.05) is 55.4 Å². The Kier molecular flexibility index (Phi) is 17.1. The minimum absolute atomic E-state index is 0.114. The van der Waals surface area contributed by atoms with Gasteiger partial charge in [0.15, 0.2) is 5.96 Å². The highest BCUT2D eigenvalue weighted by molar-refractivity contribution is 5.94. The number of urea groups is 1. The molecule has 2 atom stereocenters. The Morgan fingerprint density at radius 2 is 1.15 bits per heavy atom. The van der Waals surface area contributed by atoms with Gasteiger partial charge in [-0.2, -0.15) is 4.98 Å². The summed E-state index contributed by atoms with van der Waals surface area (Å²) in [5, 5.41) is 6.87. The summed E-state index contributed by atoms with van der Waals surface area (Å²) in [4.78, 5) is 41.0. The van der Waals surface area contributed by atoms with Crippen LogP contribution in [0.15, 0.2) is 46.5 Å². The fourth-order valence-corrected chi connectivity index (χ4v) is 7.00. The third-order valence-corrected chi connectivity index (χ3v) is 10.5. The molecule has 17 heteroatoms. The van der Waals surface area contributed by atoms with Gasteiger partial charge in [0.1, 0.15) is 41.8 Å². The van der Waals surface area contributed by atoms with E-state index in [1.165, 1.54) is 17.5 Å². The first-order chi connectivity index (χ1) is 28.3. The number of hydrogen-bond donors (Lipinski definition) is 7. The van der Waals surface area contributed by atoms with E-state index in [0.717, 1.165) is 33.6 Å². The van der Waals surface area contributed by atoms with Crippen LogP contribution in [0.2, 0.25) is 0 Å². The van der Waals surface area contributed by atoms with Crippen LogP contribution >= 0.6 is 0 Å². The van der Waals surface area contributed by atoms with E-state index in [1.54, 1.807) is 15.7 Å². The number of carbonyl (C=O) groups is 1. The molecule has 2 aliphatic heterocycles.